The van der Waals surface area contributed by atoms with Crippen molar-refractivity contribution in [3.8, 4) is 11.5 Å². The average Bonchev–Trinajstić information content (AvgIpc) is 4.13. The summed E-state index contributed by atoms with van der Waals surface area (Å²) >= 11 is 0. The lowest BCUT2D eigenvalue weighted by Gasteiger charge is -2.41. The number of sulfonamides is 1. The Morgan fingerprint density at radius 1 is 1.02 bits per heavy atom. The van der Waals surface area contributed by atoms with E-state index >= 15 is 13.2 Å². The number of nitrogens with one attached hydrogen (secondary N) is 4. The first kappa shape index (κ1) is 44.0. The van der Waals surface area contributed by atoms with Gasteiger partial charge in [-0.05, 0) is 97.3 Å². The number of methoxy groups -OCH3 is 1. The molecule has 3 saturated carbocycles. The summed E-state index contributed by atoms with van der Waals surface area (Å²) in [4.78, 5) is 62.4. The molecule has 338 valence electrons. The van der Waals surface area contributed by atoms with E-state index in [4.69, 9.17) is 14.2 Å². The highest BCUT2D eigenvalue weighted by Gasteiger charge is 2.64. The van der Waals surface area contributed by atoms with Crippen LogP contribution in [0, 0.1) is 5.92 Å². The number of aromatic nitrogens is 1. The van der Waals surface area contributed by atoms with E-state index in [-0.39, 0.29) is 49.4 Å². The van der Waals surface area contributed by atoms with E-state index in [0.717, 1.165) is 12.8 Å². The third-order valence-electron chi connectivity index (χ3n) is 13.0. The molecule has 6 aliphatic rings. The molecule has 4 heterocycles. The molecule has 4 amide bonds. The lowest BCUT2D eigenvalue weighted by molar-refractivity contribution is -0.144. The number of allylic oxidation sites excluding steroid dienone is 1. The van der Waals surface area contributed by atoms with Crippen molar-refractivity contribution in [2.45, 2.75) is 157 Å². The second-order valence-electron chi connectivity index (χ2n) is 19.2. The second-order valence-corrected chi connectivity index (χ2v) is 21.4. The molecule has 1 aromatic heterocycles. The van der Waals surface area contributed by atoms with Gasteiger partial charge in [-0.3, -0.25) is 19.1 Å². The van der Waals surface area contributed by atoms with Crippen molar-refractivity contribution in [3.63, 3.8) is 0 Å². The molecule has 3 aliphatic heterocycles. The molecule has 1 aromatic carbocycles. The minimum atomic E-state index is -4.97. The molecule has 0 radical (unpaired) electrons. The van der Waals surface area contributed by atoms with Crippen molar-refractivity contribution in [2.75, 3.05) is 13.7 Å². The highest BCUT2D eigenvalue weighted by molar-refractivity contribution is 7.91. The molecule has 15 nitrogen and oxygen atoms in total. The summed E-state index contributed by atoms with van der Waals surface area (Å²) in [7, 11) is -2.66. The molecular weight excluding hydrogens is 834 g/mol. The first-order valence-electron chi connectivity index (χ1n) is 21.5. The van der Waals surface area contributed by atoms with Crippen LogP contribution in [0.2, 0.25) is 0 Å². The van der Waals surface area contributed by atoms with Crippen LogP contribution in [-0.4, -0.2) is 95.4 Å². The highest BCUT2D eigenvalue weighted by Crippen LogP contribution is 2.53. The van der Waals surface area contributed by atoms with Crippen molar-refractivity contribution in [1.82, 2.24) is 30.6 Å². The normalized spacial score (nSPS) is 29.8. The molecule has 2 aromatic rings. The monoisotopic (exact) mass is 888 g/mol. The van der Waals surface area contributed by atoms with Crippen molar-refractivity contribution in [2.24, 2.45) is 5.92 Å². The number of hydrogen-bond acceptors (Lipinski definition) is 11. The lowest BCUT2D eigenvalue weighted by Crippen LogP contribution is -2.58. The summed E-state index contributed by atoms with van der Waals surface area (Å²) in [5.74, 6) is -3.11. The van der Waals surface area contributed by atoms with Crippen LogP contribution in [0.3, 0.4) is 0 Å². The topological polar surface area (TPSA) is 194 Å². The Kier molecular flexibility index (Phi) is 11.0. The molecule has 6 unspecified atom stereocenters. The van der Waals surface area contributed by atoms with E-state index in [0.29, 0.717) is 49.7 Å². The van der Waals surface area contributed by atoms with Crippen LogP contribution < -0.4 is 30.1 Å². The molecule has 0 bridgehead atoms. The van der Waals surface area contributed by atoms with E-state index in [9.17, 15) is 27.6 Å². The Hall–Kier alpha value is -4.65. The average molecular weight is 889 g/mol. The summed E-state index contributed by atoms with van der Waals surface area (Å²) in [5.41, 5.74) is -5.15. The maximum atomic E-state index is 15.1. The molecule has 6 atom stereocenters. The van der Waals surface area contributed by atoms with Gasteiger partial charge in [0.2, 0.25) is 21.8 Å². The van der Waals surface area contributed by atoms with Gasteiger partial charge in [0.05, 0.1) is 23.9 Å². The van der Waals surface area contributed by atoms with Gasteiger partial charge < -0.3 is 35.1 Å². The Labute approximate surface area is 358 Å². The fraction of sp³-hybridized carbons (Fsp3) is 0.651. The molecular formula is C43H55F3N6O9S. The van der Waals surface area contributed by atoms with Gasteiger partial charge in [0.1, 0.15) is 34.6 Å². The Bertz CT molecular complexity index is 2310. The zero-order valence-corrected chi connectivity index (χ0v) is 36.4. The largest absolute Gasteiger partial charge is 0.497 e. The number of benzene rings is 1. The van der Waals surface area contributed by atoms with Crippen molar-refractivity contribution in [3.05, 3.63) is 41.6 Å². The molecule has 4 N–H and O–H groups in total. The smallest absolute Gasteiger partial charge is 0.437 e. The van der Waals surface area contributed by atoms with E-state index in [2.05, 4.69) is 25.7 Å². The fourth-order valence-corrected chi connectivity index (χ4v) is 10.4. The van der Waals surface area contributed by atoms with Crippen LogP contribution in [0.25, 0.3) is 10.9 Å². The van der Waals surface area contributed by atoms with Crippen molar-refractivity contribution >= 4 is 44.7 Å². The van der Waals surface area contributed by atoms with Crippen molar-refractivity contribution in [1.29, 1.82) is 0 Å². The molecule has 62 heavy (non-hydrogen) atoms. The van der Waals surface area contributed by atoms with E-state index < -0.39 is 97.0 Å². The number of hydrogen-bond donors (Lipinski definition) is 4. The number of ether oxygens (including phenoxy) is 3. The number of carbonyl (C=O) groups is 4. The quantitative estimate of drug-likeness (QED) is 0.258. The van der Waals surface area contributed by atoms with Crippen molar-refractivity contribution < 1.29 is 55.0 Å². The summed E-state index contributed by atoms with van der Waals surface area (Å²) in [5, 5.41) is 9.42. The van der Waals surface area contributed by atoms with E-state index in [1.54, 1.807) is 32.9 Å². The van der Waals surface area contributed by atoms with Gasteiger partial charge in [0.15, 0.2) is 11.4 Å². The summed E-state index contributed by atoms with van der Waals surface area (Å²) < 4.78 is 90.6. The van der Waals surface area contributed by atoms with Gasteiger partial charge in [-0.2, -0.15) is 13.2 Å². The second kappa shape index (κ2) is 15.6. The Morgan fingerprint density at radius 3 is 2.42 bits per heavy atom. The first-order valence-corrected chi connectivity index (χ1v) is 22.9. The summed E-state index contributed by atoms with van der Waals surface area (Å²) in [6.45, 7) is 6.19. The standard InChI is InChI=1S/C43H55F3N6O9S/c1-39(2,3)61-38(56)49-29-12-10-8-6-7-9-11-24-20-42(24,37(55)51-62(57,58)40(4)17-18-40)50-35(53)31-22-41(23-52(31)36(29)54)21-30(47-25-13-14-25)32-27-19-26(59-5)15-16-28(27)48-34(33(32)60-41)43(44,45)46/h9,11,15-16,19,24-25,29-31,47H,6-8,10,12-14,17-18,20-23H2,1-5H3,(H,49,56)(H,50,53)(H,51,55). The molecule has 1 saturated heterocycles. The van der Waals surface area contributed by atoms with E-state index in [1.807, 2.05) is 6.08 Å². The predicted molar refractivity (Wildman–Crippen MR) is 219 cm³/mol. The van der Waals surface area contributed by atoms with Crippen LogP contribution in [-0.2, 0) is 35.3 Å². The Balaban J connectivity index is 1.21. The van der Waals surface area contributed by atoms with Crippen LogP contribution in [0.4, 0.5) is 18.0 Å². The zero-order chi connectivity index (χ0) is 44.6. The van der Waals surface area contributed by atoms with Crippen LogP contribution in [0.5, 0.6) is 11.5 Å². The number of alkyl carbamates (subject to hydrolysis) is 1. The number of alkyl halides is 3. The molecule has 8 rings (SSSR count). The number of pyridine rings is 1. The van der Waals surface area contributed by atoms with Gasteiger partial charge >= 0.3 is 12.3 Å². The first-order chi connectivity index (χ1) is 29.1. The molecule has 4 fully saturated rings. The maximum absolute atomic E-state index is 15.1. The van der Waals surface area contributed by atoms with Crippen LogP contribution in [0.1, 0.15) is 122 Å². The third kappa shape index (κ3) is 8.67. The molecule has 19 heteroatoms. The molecule has 3 aliphatic carbocycles. The van der Waals surface area contributed by atoms with Gasteiger partial charge in [-0.15, -0.1) is 0 Å². The summed E-state index contributed by atoms with van der Waals surface area (Å²) in [6, 6.07) is 1.22. The number of fused-ring (bicyclic) bond motifs is 5. The lowest BCUT2D eigenvalue weighted by atomic mass is 9.83. The van der Waals surface area contributed by atoms with Gasteiger partial charge in [0, 0.05) is 41.8 Å². The maximum Gasteiger partial charge on any atom is 0.437 e. The van der Waals surface area contributed by atoms with Crippen LogP contribution in [0.15, 0.2) is 30.4 Å². The zero-order valence-electron chi connectivity index (χ0n) is 35.6. The number of amides is 4. The molecule has 1 spiro atoms. The number of carbonyl (C=O) groups excluding carboxylic acids is 4. The van der Waals surface area contributed by atoms with Crippen LogP contribution >= 0.6 is 0 Å². The highest BCUT2D eigenvalue weighted by atomic mass is 32.2. The number of nitrogens with zero attached hydrogens (tertiary/aromatic N) is 2. The summed E-state index contributed by atoms with van der Waals surface area (Å²) in [6.07, 6.45) is 2.60. The third-order valence-corrected chi connectivity index (χ3v) is 15.2. The fourth-order valence-electron chi connectivity index (χ4n) is 9.08. The van der Waals surface area contributed by atoms with Gasteiger partial charge in [-0.1, -0.05) is 25.0 Å². The van der Waals surface area contributed by atoms with E-state index in [1.165, 1.54) is 31.1 Å². The van der Waals surface area contributed by atoms with Gasteiger partial charge in [0.25, 0.3) is 5.91 Å². The SMILES string of the molecule is COc1ccc2nc(C(F)(F)F)c3c(c2c1)C(NC1CC1)CC1(CC2C(=O)NC4(C(=O)NS(=O)(=O)C5(C)CC5)CC4C=CCCCCCC(NC(=O)OC(C)(C)C)C(=O)N2C1)O3. The predicted octanol–water partition coefficient (Wildman–Crippen LogP) is 5.46. The van der Waals surface area contributed by atoms with Gasteiger partial charge in [-0.25, -0.2) is 18.2 Å². The number of halogens is 3. The minimum absolute atomic E-state index is 0.00207. The minimum Gasteiger partial charge on any atom is -0.497 e. The Morgan fingerprint density at radius 2 is 1.76 bits per heavy atom. The number of rotatable bonds is 7.